The normalized spacial score (nSPS) is 12.1. The van der Waals surface area contributed by atoms with Crippen LogP contribution in [0, 0.1) is 11.3 Å². The van der Waals surface area contributed by atoms with Gasteiger partial charge in [-0.25, -0.2) is 18.1 Å². The Morgan fingerprint density at radius 3 is 2.37 bits per heavy atom. The number of pyridine rings is 1. The first-order chi connectivity index (χ1) is 8.94. The molecule has 1 aromatic heterocycles. The van der Waals surface area contributed by atoms with E-state index in [2.05, 4.69) is 9.71 Å². The molecule has 0 bridgehead atoms. The standard InChI is InChI=1S/C13H19N3O2S/c1-4-13(5-2,6-3)16-19(17,18)12-8-7-9-15-11(12)10-14/h7-9,16H,4-6H2,1-3H3. The van der Waals surface area contributed by atoms with E-state index in [1.165, 1.54) is 18.3 Å². The third kappa shape index (κ3) is 3.31. The van der Waals surface area contributed by atoms with Crippen molar-refractivity contribution in [1.29, 1.82) is 5.26 Å². The minimum absolute atomic E-state index is 0.0581. The monoisotopic (exact) mass is 281 g/mol. The van der Waals surface area contributed by atoms with Crippen LogP contribution in [0.5, 0.6) is 0 Å². The van der Waals surface area contributed by atoms with Crippen molar-refractivity contribution in [3.63, 3.8) is 0 Å². The van der Waals surface area contributed by atoms with Crippen LogP contribution >= 0.6 is 0 Å². The zero-order valence-corrected chi connectivity index (χ0v) is 12.3. The van der Waals surface area contributed by atoms with E-state index in [1.54, 1.807) is 0 Å². The van der Waals surface area contributed by atoms with Gasteiger partial charge in [0.05, 0.1) is 0 Å². The van der Waals surface area contributed by atoms with Crippen molar-refractivity contribution in [2.75, 3.05) is 0 Å². The lowest BCUT2D eigenvalue weighted by Gasteiger charge is -2.31. The van der Waals surface area contributed by atoms with Gasteiger partial charge in [0.15, 0.2) is 5.69 Å². The molecule has 104 valence electrons. The highest BCUT2D eigenvalue weighted by Crippen LogP contribution is 2.23. The summed E-state index contributed by atoms with van der Waals surface area (Å²) in [4.78, 5) is 3.73. The molecule has 0 aliphatic carbocycles. The summed E-state index contributed by atoms with van der Waals surface area (Å²) in [6, 6.07) is 4.73. The number of hydrogen-bond donors (Lipinski definition) is 1. The lowest BCUT2D eigenvalue weighted by atomic mass is 9.91. The number of nitrogens with one attached hydrogen (secondary N) is 1. The van der Waals surface area contributed by atoms with Gasteiger partial charge >= 0.3 is 0 Å². The summed E-state index contributed by atoms with van der Waals surface area (Å²) in [7, 11) is -3.73. The predicted octanol–water partition coefficient (Wildman–Crippen LogP) is 2.20. The Balaban J connectivity index is 3.22. The second-order valence-corrected chi connectivity index (χ2v) is 6.06. The molecular weight excluding hydrogens is 262 g/mol. The maximum Gasteiger partial charge on any atom is 0.243 e. The Bertz CT molecular complexity index is 564. The van der Waals surface area contributed by atoms with E-state index in [0.29, 0.717) is 19.3 Å². The van der Waals surface area contributed by atoms with E-state index in [4.69, 9.17) is 5.26 Å². The fraction of sp³-hybridized carbons (Fsp3) is 0.538. The first-order valence-corrected chi connectivity index (χ1v) is 7.82. The van der Waals surface area contributed by atoms with E-state index in [0.717, 1.165) is 0 Å². The third-order valence-electron chi connectivity index (χ3n) is 3.55. The van der Waals surface area contributed by atoms with Crippen molar-refractivity contribution in [2.45, 2.75) is 50.5 Å². The number of aromatic nitrogens is 1. The van der Waals surface area contributed by atoms with Gasteiger partial charge in [-0.05, 0) is 31.4 Å². The second kappa shape index (κ2) is 6.13. The van der Waals surface area contributed by atoms with Crippen molar-refractivity contribution in [1.82, 2.24) is 9.71 Å². The van der Waals surface area contributed by atoms with Crippen LogP contribution in [-0.4, -0.2) is 18.9 Å². The Labute approximate surface area is 114 Å². The van der Waals surface area contributed by atoms with Crippen molar-refractivity contribution in [3.8, 4) is 6.07 Å². The molecule has 1 heterocycles. The predicted molar refractivity (Wildman–Crippen MR) is 72.9 cm³/mol. The van der Waals surface area contributed by atoms with Crippen molar-refractivity contribution in [3.05, 3.63) is 24.0 Å². The summed E-state index contributed by atoms with van der Waals surface area (Å²) < 4.78 is 27.5. The molecule has 5 nitrogen and oxygen atoms in total. The zero-order chi connectivity index (χ0) is 14.5. The fourth-order valence-electron chi connectivity index (χ4n) is 2.00. The first-order valence-electron chi connectivity index (χ1n) is 6.33. The van der Waals surface area contributed by atoms with Crippen LogP contribution in [-0.2, 0) is 10.0 Å². The van der Waals surface area contributed by atoms with Gasteiger partial charge in [-0.3, -0.25) is 0 Å². The summed E-state index contributed by atoms with van der Waals surface area (Å²) in [5, 5.41) is 8.95. The first kappa shape index (κ1) is 15.6. The summed E-state index contributed by atoms with van der Waals surface area (Å²) in [6.45, 7) is 5.85. The molecule has 0 amide bonds. The lowest BCUT2D eigenvalue weighted by Crippen LogP contribution is -2.47. The molecule has 1 N–H and O–H groups in total. The molecule has 0 saturated carbocycles. The minimum Gasteiger partial charge on any atom is -0.244 e. The molecule has 19 heavy (non-hydrogen) atoms. The van der Waals surface area contributed by atoms with Crippen LogP contribution in [0.15, 0.2) is 23.2 Å². The van der Waals surface area contributed by atoms with Gasteiger partial charge in [0, 0.05) is 11.7 Å². The molecule has 6 heteroatoms. The summed E-state index contributed by atoms with van der Waals surface area (Å²) in [5.41, 5.74) is -0.547. The van der Waals surface area contributed by atoms with Gasteiger partial charge in [-0.2, -0.15) is 5.26 Å². The minimum atomic E-state index is -3.73. The third-order valence-corrected chi connectivity index (χ3v) is 5.16. The highest BCUT2D eigenvalue weighted by Gasteiger charge is 2.31. The quantitative estimate of drug-likeness (QED) is 0.866. The second-order valence-electron chi connectivity index (χ2n) is 4.41. The smallest absolute Gasteiger partial charge is 0.243 e. The van der Waals surface area contributed by atoms with Gasteiger partial charge in [0.2, 0.25) is 10.0 Å². The molecule has 1 rings (SSSR count). The number of nitriles is 1. The van der Waals surface area contributed by atoms with Crippen LogP contribution < -0.4 is 4.72 Å². The molecule has 1 aromatic rings. The number of rotatable bonds is 6. The SMILES string of the molecule is CCC(CC)(CC)NS(=O)(=O)c1cccnc1C#N. The van der Waals surface area contributed by atoms with E-state index >= 15 is 0 Å². The molecular formula is C13H19N3O2S. The van der Waals surface area contributed by atoms with Crippen LogP contribution in [0.3, 0.4) is 0 Å². The maximum absolute atomic E-state index is 12.4. The maximum atomic E-state index is 12.4. The van der Waals surface area contributed by atoms with Gasteiger partial charge in [-0.15, -0.1) is 0 Å². The topological polar surface area (TPSA) is 82.8 Å². The van der Waals surface area contributed by atoms with E-state index in [-0.39, 0.29) is 10.6 Å². The van der Waals surface area contributed by atoms with Gasteiger partial charge in [0.1, 0.15) is 11.0 Å². The Morgan fingerprint density at radius 1 is 1.32 bits per heavy atom. The highest BCUT2D eigenvalue weighted by atomic mass is 32.2. The highest BCUT2D eigenvalue weighted by molar-refractivity contribution is 7.89. The molecule has 0 spiro atoms. The number of hydrogen-bond acceptors (Lipinski definition) is 4. The number of sulfonamides is 1. The molecule has 0 aliphatic heterocycles. The fourth-order valence-corrected chi connectivity index (χ4v) is 3.72. The Hall–Kier alpha value is -1.45. The van der Waals surface area contributed by atoms with Crippen molar-refractivity contribution >= 4 is 10.0 Å². The van der Waals surface area contributed by atoms with Crippen molar-refractivity contribution < 1.29 is 8.42 Å². The van der Waals surface area contributed by atoms with Crippen LogP contribution in [0.2, 0.25) is 0 Å². The molecule has 0 unspecified atom stereocenters. The molecule has 0 atom stereocenters. The molecule has 0 saturated heterocycles. The lowest BCUT2D eigenvalue weighted by molar-refractivity contribution is 0.341. The Kier molecular flexibility index (Phi) is 5.04. The van der Waals surface area contributed by atoms with Gasteiger partial charge in [-0.1, -0.05) is 20.8 Å². The summed E-state index contributed by atoms with van der Waals surface area (Å²) in [5.74, 6) is 0. The van der Waals surface area contributed by atoms with Crippen LogP contribution in [0.4, 0.5) is 0 Å². The van der Waals surface area contributed by atoms with Crippen LogP contribution in [0.1, 0.15) is 45.7 Å². The molecule has 0 aromatic carbocycles. The largest absolute Gasteiger partial charge is 0.244 e. The zero-order valence-electron chi connectivity index (χ0n) is 11.5. The molecule has 0 aliphatic rings. The van der Waals surface area contributed by atoms with Gasteiger partial charge in [0.25, 0.3) is 0 Å². The van der Waals surface area contributed by atoms with Crippen molar-refractivity contribution in [2.24, 2.45) is 0 Å². The van der Waals surface area contributed by atoms with E-state index in [1.807, 2.05) is 26.8 Å². The number of nitrogens with zero attached hydrogens (tertiary/aromatic N) is 2. The summed E-state index contributed by atoms with van der Waals surface area (Å²) in [6.07, 6.45) is 3.49. The average molecular weight is 281 g/mol. The Morgan fingerprint density at radius 2 is 1.89 bits per heavy atom. The van der Waals surface area contributed by atoms with Gasteiger partial charge < -0.3 is 0 Å². The molecule has 0 fully saturated rings. The average Bonchev–Trinajstić information content (AvgIpc) is 2.45. The van der Waals surface area contributed by atoms with E-state index in [9.17, 15) is 8.42 Å². The van der Waals surface area contributed by atoms with E-state index < -0.39 is 15.6 Å². The molecule has 0 radical (unpaired) electrons. The summed E-state index contributed by atoms with van der Waals surface area (Å²) >= 11 is 0. The van der Waals surface area contributed by atoms with Crippen LogP contribution in [0.25, 0.3) is 0 Å².